The number of unbranched alkanes of at least 4 members (excludes halogenated alkanes) is 1. The summed E-state index contributed by atoms with van der Waals surface area (Å²) in [4.78, 5) is 12.0. The van der Waals surface area contributed by atoms with Gasteiger partial charge in [0.2, 0.25) is 5.91 Å². The van der Waals surface area contributed by atoms with Crippen molar-refractivity contribution >= 4 is 34.9 Å². The van der Waals surface area contributed by atoms with E-state index in [-0.39, 0.29) is 18.2 Å². The molecule has 1 amide bonds. The first-order valence-electron chi connectivity index (χ1n) is 9.80. The molecule has 0 heterocycles. The fraction of sp³-hybridized carbons (Fsp3) is 0.524. The molecule has 0 saturated heterocycles. The number of ether oxygens (including phenoxy) is 1. The van der Waals surface area contributed by atoms with Gasteiger partial charge >= 0.3 is 0 Å². The second-order valence-electron chi connectivity index (χ2n) is 7.34. The van der Waals surface area contributed by atoms with Crippen LogP contribution in [0, 0.1) is 17.8 Å². The van der Waals surface area contributed by atoms with Gasteiger partial charge in [-0.05, 0) is 42.8 Å². The van der Waals surface area contributed by atoms with Gasteiger partial charge in [0.25, 0.3) is 5.17 Å². The lowest BCUT2D eigenvalue weighted by Gasteiger charge is -2.28. The summed E-state index contributed by atoms with van der Waals surface area (Å²) >= 11 is 11.2. The lowest BCUT2D eigenvalue weighted by atomic mass is 9.81. The van der Waals surface area contributed by atoms with Crippen LogP contribution in [-0.2, 0) is 16.1 Å². The predicted molar refractivity (Wildman–Crippen MR) is 117 cm³/mol. The maximum atomic E-state index is 12.0. The Morgan fingerprint density at radius 2 is 2.21 bits per heavy atom. The van der Waals surface area contributed by atoms with Gasteiger partial charge in [0, 0.05) is 23.4 Å². The van der Waals surface area contributed by atoms with E-state index in [0.29, 0.717) is 11.6 Å². The minimum absolute atomic E-state index is 0.0790. The summed E-state index contributed by atoms with van der Waals surface area (Å²) in [6, 6.07) is 7.37. The maximum absolute atomic E-state index is 12.0. The first kappa shape index (κ1) is 23.6. The number of halogens is 1. The Kier molecular flexibility index (Phi) is 9.36. The lowest BCUT2D eigenvalue weighted by Crippen LogP contribution is -2.39. The second kappa shape index (κ2) is 11.5. The van der Waals surface area contributed by atoms with Gasteiger partial charge in [-0.1, -0.05) is 49.2 Å². The summed E-state index contributed by atoms with van der Waals surface area (Å²) in [7, 11) is 0. The van der Waals surface area contributed by atoms with Crippen molar-refractivity contribution in [1.82, 2.24) is 5.32 Å². The Bertz CT molecular complexity index is 730. The first-order chi connectivity index (χ1) is 13.8. The summed E-state index contributed by atoms with van der Waals surface area (Å²) in [6.07, 6.45) is 3.92. The normalized spacial score (nSPS) is 25.1. The molecule has 1 aliphatic carbocycles. The zero-order valence-corrected chi connectivity index (χ0v) is 18.0. The van der Waals surface area contributed by atoms with Crippen molar-refractivity contribution in [3.8, 4) is 0 Å². The molecule has 2 rings (SSSR count). The number of aliphatic hydroxyl groups excluding tert-OH is 2. The molecule has 1 aromatic carbocycles. The summed E-state index contributed by atoms with van der Waals surface area (Å²) in [5.41, 5.74) is 6.53. The summed E-state index contributed by atoms with van der Waals surface area (Å²) in [5, 5.41) is 24.6. The Morgan fingerprint density at radius 3 is 2.86 bits per heavy atom. The van der Waals surface area contributed by atoms with Crippen molar-refractivity contribution in [1.29, 1.82) is 0 Å². The van der Waals surface area contributed by atoms with Gasteiger partial charge in [0.05, 0.1) is 24.7 Å². The van der Waals surface area contributed by atoms with Crippen molar-refractivity contribution in [3.63, 3.8) is 0 Å². The molecular formula is C21H29ClN2O4S. The third kappa shape index (κ3) is 6.96. The number of allylic oxidation sites excluding steroid dienone is 1. The fourth-order valence-corrected chi connectivity index (χ4v) is 4.07. The molecule has 0 radical (unpaired) electrons. The molecule has 0 aliphatic heterocycles. The number of amides is 1. The molecule has 1 aromatic rings. The maximum Gasteiger partial charge on any atom is 0.256 e. The minimum Gasteiger partial charge on any atom is -0.471 e. The van der Waals surface area contributed by atoms with Crippen molar-refractivity contribution in [3.05, 3.63) is 47.0 Å². The number of hydrogen-bond acceptors (Lipinski definition) is 5. The molecule has 29 heavy (non-hydrogen) atoms. The minimum atomic E-state index is -0.838. The highest BCUT2D eigenvalue weighted by Crippen LogP contribution is 2.38. The molecule has 0 spiro atoms. The van der Waals surface area contributed by atoms with Crippen LogP contribution in [0.3, 0.4) is 0 Å². The third-order valence-corrected chi connectivity index (χ3v) is 5.69. The van der Waals surface area contributed by atoms with Crippen LogP contribution in [0.15, 0.2) is 36.4 Å². The number of benzene rings is 1. The summed E-state index contributed by atoms with van der Waals surface area (Å²) < 4.78 is 5.62. The van der Waals surface area contributed by atoms with Crippen molar-refractivity contribution in [2.75, 3.05) is 6.61 Å². The molecule has 0 bridgehead atoms. The highest BCUT2D eigenvalue weighted by Gasteiger charge is 2.47. The average Bonchev–Trinajstić information content (AvgIpc) is 2.94. The number of rotatable bonds is 9. The van der Waals surface area contributed by atoms with Crippen LogP contribution in [0.4, 0.5) is 0 Å². The Morgan fingerprint density at radius 1 is 1.45 bits per heavy atom. The van der Waals surface area contributed by atoms with Crippen LogP contribution in [0.5, 0.6) is 0 Å². The Hall–Kier alpha value is -1.67. The zero-order chi connectivity index (χ0) is 21.4. The lowest BCUT2D eigenvalue weighted by molar-refractivity contribution is -0.123. The van der Waals surface area contributed by atoms with E-state index in [0.717, 1.165) is 18.4 Å². The number of carbonyl (C=O) groups is 1. The van der Waals surface area contributed by atoms with Crippen LogP contribution < -0.4 is 11.1 Å². The molecule has 5 N–H and O–H groups in total. The van der Waals surface area contributed by atoms with Crippen LogP contribution >= 0.6 is 23.8 Å². The standard InChI is InChI=1S/C21H29ClN2O4S/c1-2-3-4-8-15(20(23)27)19-16(17(25)10-18(19)26)12-28-21(29)24-11-13-6-5-7-14(22)9-13/h4-9,15-19,25-26H,2-3,10-12H2,1H3,(H2,23,27)(H,24,29)/b8-4-/t15?,16-,17+,18-,19-/m0/s1. The number of carbonyl (C=O) groups excluding carboxylic acids is 1. The van der Waals surface area contributed by atoms with Crippen LogP contribution in [0.2, 0.25) is 5.02 Å². The van der Waals surface area contributed by atoms with E-state index in [9.17, 15) is 15.0 Å². The zero-order valence-electron chi connectivity index (χ0n) is 16.5. The summed E-state index contributed by atoms with van der Waals surface area (Å²) in [6.45, 7) is 2.56. The van der Waals surface area contributed by atoms with E-state index >= 15 is 0 Å². The molecule has 1 unspecified atom stereocenters. The first-order valence-corrected chi connectivity index (χ1v) is 10.6. The van der Waals surface area contributed by atoms with Gasteiger partial charge < -0.3 is 26.0 Å². The molecule has 0 aromatic heterocycles. The average molecular weight is 441 g/mol. The topological polar surface area (TPSA) is 105 Å². The van der Waals surface area contributed by atoms with Gasteiger partial charge in [0.1, 0.15) is 0 Å². The van der Waals surface area contributed by atoms with Crippen LogP contribution in [-0.4, -0.2) is 40.1 Å². The van der Waals surface area contributed by atoms with E-state index in [4.69, 9.17) is 34.3 Å². The van der Waals surface area contributed by atoms with Gasteiger partial charge in [-0.3, -0.25) is 4.79 Å². The monoisotopic (exact) mass is 440 g/mol. The van der Waals surface area contributed by atoms with Gasteiger partial charge in [-0.25, -0.2) is 0 Å². The Balaban J connectivity index is 1.97. The van der Waals surface area contributed by atoms with Gasteiger partial charge in [-0.2, -0.15) is 0 Å². The van der Waals surface area contributed by atoms with Crippen LogP contribution in [0.25, 0.3) is 0 Å². The van der Waals surface area contributed by atoms with E-state index in [1.165, 1.54) is 0 Å². The van der Waals surface area contributed by atoms with Crippen LogP contribution in [0.1, 0.15) is 31.7 Å². The molecule has 1 aliphatic rings. The quantitative estimate of drug-likeness (QED) is 0.347. The van der Waals surface area contributed by atoms with Gasteiger partial charge in [0.15, 0.2) is 0 Å². The number of nitrogens with one attached hydrogen (secondary N) is 1. The predicted octanol–water partition coefficient (Wildman–Crippen LogP) is 2.55. The van der Waals surface area contributed by atoms with Crippen molar-refractivity contribution < 1.29 is 19.7 Å². The second-order valence-corrected chi connectivity index (χ2v) is 8.15. The number of hydrogen-bond donors (Lipinski definition) is 4. The SMILES string of the molecule is CCC/C=C\C(C(N)=O)[C@H]1[C@@H](COC(=S)NCc2cccc(Cl)c2)[C@H](O)C[C@@H]1O. The summed E-state index contributed by atoms with van der Waals surface area (Å²) in [5.74, 6) is -2.18. The number of nitrogens with two attached hydrogens (primary N) is 1. The molecule has 1 fully saturated rings. The number of primary amides is 1. The number of thiocarbonyl (C=S) groups is 1. The molecule has 1 saturated carbocycles. The van der Waals surface area contributed by atoms with Gasteiger partial charge in [-0.15, -0.1) is 0 Å². The largest absolute Gasteiger partial charge is 0.471 e. The molecule has 5 atom stereocenters. The molecule has 160 valence electrons. The smallest absolute Gasteiger partial charge is 0.256 e. The highest BCUT2D eigenvalue weighted by atomic mass is 35.5. The van der Waals surface area contributed by atoms with Crippen molar-refractivity contribution in [2.45, 2.75) is 44.9 Å². The van der Waals surface area contributed by atoms with E-state index in [1.54, 1.807) is 12.1 Å². The highest BCUT2D eigenvalue weighted by molar-refractivity contribution is 7.80. The van der Waals surface area contributed by atoms with E-state index in [1.807, 2.05) is 31.2 Å². The van der Waals surface area contributed by atoms with E-state index in [2.05, 4.69) is 5.32 Å². The molecular weight excluding hydrogens is 412 g/mol. The Labute approximate surface area is 182 Å². The number of aliphatic hydroxyl groups is 2. The van der Waals surface area contributed by atoms with E-state index < -0.39 is 35.9 Å². The van der Waals surface area contributed by atoms with Crippen molar-refractivity contribution in [2.24, 2.45) is 23.5 Å². The third-order valence-electron chi connectivity index (χ3n) is 5.19. The molecule has 8 heteroatoms. The fourth-order valence-electron chi connectivity index (χ4n) is 3.72. The molecule has 6 nitrogen and oxygen atoms in total.